The molecule has 1 aromatic carbocycles. The van der Waals surface area contributed by atoms with E-state index in [-0.39, 0.29) is 43.3 Å². The molecule has 0 radical (unpaired) electrons. The molecule has 10 nitrogen and oxygen atoms in total. The molecule has 186 valence electrons. The molecule has 0 saturated heterocycles. The van der Waals surface area contributed by atoms with Gasteiger partial charge in [-0.05, 0) is 57.6 Å². The predicted octanol–water partition coefficient (Wildman–Crippen LogP) is 2.90. The fourth-order valence-electron chi connectivity index (χ4n) is 5.06. The van der Waals surface area contributed by atoms with Crippen molar-refractivity contribution >= 4 is 23.5 Å². The molecular weight excluding hydrogens is 452 g/mol. The highest BCUT2D eigenvalue weighted by molar-refractivity contribution is 6.12. The number of amides is 2. The molecule has 1 aliphatic carbocycles. The van der Waals surface area contributed by atoms with Gasteiger partial charge in [-0.2, -0.15) is 5.10 Å². The van der Waals surface area contributed by atoms with Crippen molar-refractivity contribution in [2.45, 2.75) is 64.6 Å². The summed E-state index contributed by atoms with van der Waals surface area (Å²) in [6.07, 6.45) is 3.92. The van der Waals surface area contributed by atoms with Gasteiger partial charge in [0.2, 0.25) is 12.7 Å². The minimum absolute atomic E-state index is 0.0340. The topological polar surface area (TPSA) is 112 Å². The third-order valence-electron chi connectivity index (χ3n) is 7.09. The molecule has 3 heterocycles. The van der Waals surface area contributed by atoms with Gasteiger partial charge in [-0.3, -0.25) is 19.2 Å². The van der Waals surface area contributed by atoms with Crippen molar-refractivity contribution in [1.82, 2.24) is 15.1 Å². The van der Waals surface area contributed by atoms with Gasteiger partial charge in [0.25, 0.3) is 5.91 Å². The van der Waals surface area contributed by atoms with Crippen molar-refractivity contribution < 1.29 is 28.6 Å². The summed E-state index contributed by atoms with van der Waals surface area (Å²) in [6, 6.07) is 6.63. The summed E-state index contributed by atoms with van der Waals surface area (Å²) < 4.78 is 17.4. The van der Waals surface area contributed by atoms with E-state index >= 15 is 0 Å². The lowest BCUT2D eigenvalue weighted by atomic mass is 9.86. The molecular formula is C25H30N4O6. The van der Waals surface area contributed by atoms with Crippen molar-refractivity contribution in [1.29, 1.82) is 0 Å². The van der Waals surface area contributed by atoms with E-state index in [1.807, 2.05) is 0 Å². The Labute approximate surface area is 203 Å². The highest BCUT2D eigenvalue weighted by Crippen LogP contribution is 2.40. The van der Waals surface area contributed by atoms with Crippen LogP contribution >= 0.6 is 0 Å². The van der Waals surface area contributed by atoms with Crippen LogP contribution in [0.1, 0.15) is 67.4 Å². The second-order valence-electron chi connectivity index (χ2n) is 9.68. The van der Waals surface area contributed by atoms with Gasteiger partial charge in [-0.1, -0.05) is 6.92 Å². The average Bonchev–Trinajstić information content (AvgIpc) is 3.47. The summed E-state index contributed by atoms with van der Waals surface area (Å²) in [5.41, 5.74) is -0.549. The van der Waals surface area contributed by atoms with E-state index in [0.717, 1.165) is 25.7 Å². The van der Waals surface area contributed by atoms with Crippen molar-refractivity contribution in [3.63, 3.8) is 0 Å². The standard InChI is InChI=1S/C25H30N4O6/c1-4-33-23(31)18-12-19-22(30)29(17-9-10-20-21(11-17)35-14-34-20)25(3,13-28(19)27-18)24(32)26-16-7-5-15(2)6-8-16/h9-12,15-16H,4-8,13-14H2,1-3H3,(H,26,32)/t15?,16?,25-/m1/s1. The predicted molar refractivity (Wildman–Crippen MR) is 126 cm³/mol. The Bertz CT molecular complexity index is 1170. The number of rotatable bonds is 5. The molecule has 10 heteroatoms. The van der Waals surface area contributed by atoms with E-state index in [9.17, 15) is 14.4 Å². The second-order valence-corrected chi connectivity index (χ2v) is 9.68. The Kier molecular flexibility index (Phi) is 5.90. The highest BCUT2D eigenvalue weighted by atomic mass is 16.7. The smallest absolute Gasteiger partial charge is 0.358 e. The maximum atomic E-state index is 13.8. The summed E-state index contributed by atoms with van der Waals surface area (Å²) >= 11 is 0. The van der Waals surface area contributed by atoms with Crippen LogP contribution in [-0.2, 0) is 16.1 Å². The molecule has 1 N–H and O–H groups in total. The van der Waals surface area contributed by atoms with Crippen LogP contribution in [0.4, 0.5) is 5.69 Å². The zero-order valence-electron chi connectivity index (χ0n) is 20.2. The first-order valence-electron chi connectivity index (χ1n) is 12.1. The number of anilines is 1. The van der Waals surface area contributed by atoms with Crippen LogP contribution in [0.3, 0.4) is 0 Å². The number of carbonyl (C=O) groups excluding carboxylic acids is 3. The molecule has 35 heavy (non-hydrogen) atoms. The molecule has 0 bridgehead atoms. The van der Waals surface area contributed by atoms with Gasteiger partial charge in [0.15, 0.2) is 17.2 Å². The molecule has 2 amide bonds. The lowest BCUT2D eigenvalue weighted by Crippen LogP contribution is -2.65. The SMILES string of the molecule is CCOC(=O)c1cc2n(n1)C[C@](C)(C(=O)NC1CCC(C)CC1)N(c1ccc3c(c1)OCO3)C2=O. The van der Waals surface area contributed by atoms with Gasteiger partial charge in [0.05, 0.1) is 13.2 Å². The second kappa shape index (κ2) is 8.90. The first kappa shape index (κ1) is 23.2. The highest BCUT2D eigenvalue weighted by Gasteiger charge is 2.50. The monoisotopic (exact) mass is 482 g/mol. The number of nitrogens with one attached hydrogen (secondary N) is 1. The third-order valence-corrected chi connectivity index (χ3v) is 7.09. The van der Waals surface area contributed by atoms with Gasteiger partial charge in [-0.15, -0.1) is 0 Å². The molecule has 0 spiro atoms. The van der Waals surface area contributed by atoms with E-state index in [1.165, 1.54) is 15.6 Å². The Morgan fingerprint density at radius 3 is 2.66 bits per heavy atom. The molecule has 3 aliphatic rings. The summed E-state index contributed by atoms with van der Waals surface area (Å²) in [6.45, 7) is 6.02. The van der Waals surface area contributed by atoms with E-state index in [2.05, 4.69) is 17.3 Å². The van der Waals surface area contributed by atoms with Crippen LogP contribution in [0.5, 0.6) is 11.5 Å². The number of esters is 1. The van der Waals surface area contributed by atoms with Gasteiger partial charge >= 0.3 is 5.97 Å². The van der Waals surface area contributed by atoms with Crippen LogP contribution < -0.4 is 19.7 Å². The number of aromatic nitrogens is 2. The molecule has 1 aromatic heterocycles. The fraction of sp³-hybridized carbons (Fsp3) is 0.520. The normalized spacial score (nSPS) is 25.2. The van der Waals surface area contributed by atoms with Gasteiger partial charge < -0.3 is 19.5 Å². The lowest BCUT2D eigenvalue weighted by molar-refractivity contribution is -0.127. The largest absolute Gasteiger partial charge is 0.461 e. The Morgan fingerprint density at radius 2 is 1.91 bits per heavy atom. The van der Waals surface area contributed by atoms with Crippen molar-refractivity contribution in [2.24, 2.45) is 5.92 Å². The van der Waals surface area contributed by atoms with Crippen molar-refractivity contribution in [3.8, 4) is 11.5 Å². The number of nitrogens with zero attached hydrogens (tertiary/aromatic N) is 3. The van der Waals surface area contributed by atoms with E-state index in [4.69, 9.17) is 14.2 Å². The first-order chi connectivity index (χ1) is 16.8. The number of ether oxygens (including phenoxy) is 3. The Morgan fingerprint density at radius 1 is 1.17 bits per heavy atom. The van der Waals surface area contributed by atoms with E-state index in [1.54, 1.807) is 32.0 Å². The zero-order chi connectivity index (χ0) is 24.7. The van der Waals surface area contributed by atoms with Gasteiger partial charge in [-0.25, -0.2) is 4.79 Å². The molecule has 1 saturated carbocycles. The van der Waals surface area contributed by atoms with Crippen molar-refractivity contribution in [3.05, 3.63) is 35.7 Å². The Hall–Kier alpha value is -3.56. The van der Waals surface area contributed by atoms with E-state index in [0.29, 0.717) is 23.1 Å². The number of fused-ring (bicyclic) bond motifs is 2. The summed E-state index contributed by atoms with van der Waals surface area (Å²) in [5.74, 6) is 0.420. The summed E-state index contributed by atoms with van der Waals surface area (Å²) in [4.78, 5) is 41.4. The first-order valence-corrected chi connectivity index (χ1v) is 12.1. The zero-order valence-corrected chi connectivity index (χ0v) is 20.2. The molecule has 0 unspecified atom stereocenters. The molecule has 1 atom stereocenters. The van der Waals surface area contributed by atoms with Gasteiger partial charge in [0, 0.05) is 23.9 Å². The fourth-order valence-corrected chi connectivity index (χ4v) is 5.06. The summed E-state index contributed by atoms with van der Waals surface area (Å²) in [5, 5.41) is 7.49. The number of carbonyl (C=O) groups is 3. The maximum absolute atomic E-state index is 13.8. The molecule has 2 aromatic rings. The minimum atomic E-state index is -1.29. The van der Waals surface area contributed by atoms with Crippen LogP contribution in [-0.4, -0.2) is 52.5 Å². The number of hydrogen-bond acceptors (Lipinski definition) is 7. The number of hydrogen-bond donors (Lipinski definition) is 1. The number of benzene rings is 1. The quantitative estimate of drug-likeness (QED) is 0.652. The lowest BCUT2D eigenvalue weighted by Gasteiger charge is -2.44. The van der Waals surface area contributed by atoms with Crippen LogP contribution in [0.2, 0.25) is 0 Å². The van der Waals surface area contributed by atoms with Crippen LogP contribution in [0.15, 0.2) is 24.3 Å². The minimum Gasteiger partial charge on any atom is -0.461 e. The molecule has 2 aliphatic heterocycles. The van der Waals surface area contributed by atoms with Gasteiger partial charge in [0.1, 0.15) is 11.2 Å². The average molecular weight is 483 g/mol. The third kappa shape index (κ3) is 4.11. The summed E-state index contributed by atoms with van der Waals surface area (Å²) in [7, 11) is 0. The Balaban J connectivity index is 1.52. The molecule has 5 rings (SSSR count). The molecule has 1 fully saturated rings. The van der Waals surface area contributed by atoms with Crippen LogP contribution in [0, 0.1) is 5.92 Å². The van der Waals surface area contributed by atoms with Crippen LogP contribution in [0.25, 0.3) is 0 Å². The van der Waals surface area contributed by atoms with Crippen molar-refractivity contribution in [2.75, 3.05) is 18.3 Å². The van der Waals surface area contributed by atoms with E-state index < -0.39 is 17.4 Å². The maximum Gasteiger partial charge on any atom is 0.358 e.